The van der Waals surface area contributed by atoms with E-state index in [9.17, 15) is 45.0 Å². The van der Waals surface area contributed by atoms with Gasteiger partial charge in [0.25, 0.3) is 0 Å². The smallest absolute Gasteiger partial charge is 0.330 e. The van der Waals surface area contributed by atoms with Crippen LogP contribution in [-0.4, -0.2) is 136 Å². The number of anilines is 1. The molecule has 0 aliphatic carbocycles. The van der Waals surface area contributed by atoms with Gasteiger partial charge < -0.3 is 54.9 Å². The fourth-order valence-electron chi connectivity index (χ4n) is 4.85. The summed E-state index contributed by atoms with van der Waals surface area (Å²) in [7, 11) is 0. The summed E-state index contributed by atoms with van der Waals surface area (Å²) in [6, 6.07) is -2.67. The second kappa shape index (κ2) is 14.7. The van der Waals surface area contributed by atoms with E-state index in [1.807, 2.05) is 0 Å². The molecule has 0 bridgehead atoms. The molecule has 0 aromatic carbocycles. The number of aromatic nitrogens is 4. The number of amides is 2. The van der Waals surface area contributed by atoms with Crippen LogP contribution in [0.2, 0.25) is 0 Å². The van der Waals surface area contributed by atoms with Crippen LogP contribution < -0.4 is 10.6 Å². The number of fused-ring (bicyclic) bond motifs is 1. The predicted molar refractivity (Wildman–Crippen MR) is 148 cm³/mol. The van der Waals surface area contributed by atoms with Gasteiger partial charge in [0.1, 0.15) is 36.8 Å². The molecular formula is C26H38N6O13. The number of nitrogens with one attached hydrogen (secondary N) is 2. The highest BCUT2D eigenvalue weighted by Gasteiger charge is 2.40. The highest BCUT2D eigenvalue weighted by atomic mass is 16.7. The van der Waals surface area contributed by atoms with Crippen molar-refractivity contribution in [2.45, 2.75) is 107 Å². The first-order chi connectivity index (χ1) is 21.3. The Morgan fingerprint density at radius 1 is 1.07 bits per heavy atom. The fraction of sp³-hybridized carbons (Fsp3) is 0.692. The van der Waals surface area contributed by atoms with Crippen LogP contribution in [0.1, 0.15) is 46.3 Å². The minimum atomic E-state index is -1.66. The number of rotatable bonds is 11. The molecule has 19 heteroatoms. The number of carboxylic acids is 1. The van der Waals surface area contributed by atoms with Crippen molar-refractivity contribution < 1.29 is 64.0 Å². The number of ether oxygens (including phenoxy) is 4. The monoisotopic (exact) mass is 642 g/mol. The lowest BCUT2D eigenvalue weighted by Gasteiger charge is -2.36. The second-order valence-electron chi connectivity index (χ2n) is 11.0. The first-order valence-corrected chi connectivity index (χ1v) is 14.3. The number of carbonyl (C=O) groups excluding carboxylic acids is 2. The number of carboxylic acid groups (broad SMARTS) is 1. The van der Waals surface area contributed by atoms with Crippen molar-refractivity contribution in [3.63, 3.8) is 0 Å². The van der Waals surface area contributed by atoms with E-state index in [1.54, 1.807) is 13.8 Å². The largest absolute Gasteiger partial charge is 0.480 e. The fourth-order valence-corrected chi connectivity index (χ4v) is 4.85. The number of urea groups is 1. The molecule has 4 rings (SSSR count). The maximum absolute atomic E-state index is 12.8. The van der Waals surface area contributed by atoms with Crippen LogP contribution in [-0.2, 0) is 28.5 Å². The number of carbonyl (C=O) groups is 3. The lowest BCUT2D eigenvalue weighted by atomic mass is 10.0. The minimum Gasteiger partial charge on any atom is -0.480 e. The van der Waals surface area contributed by atoms with Gasteiger partial charge in [-0.25, -0.2) is 24.5 Å². The topological polar surface area (TPSA) is 277 Å². The number of nitrogens with zero attached hydrogens (tertiary/aromatic N) is 4. The van der Waals surface area contributed by atoms with Gasteiger partial charge in [0, 0.05) is 12.8 Å². The van der Waals surface area contributed by atoms with Crippen LogP contribution in [0.5, 0.6) is 0 Å². The summed E-state index contributed by atoms with van der Waals surface area (Å²) in [6.45, 7) is 4.32. The number of imidazole rings is 1. The van der Waals surface area contributed by atoms with Crippen LogP contribution in [0.4, 0.5) is 10.6 Å². The molecule has 2 amide bonds. The van der Waals surface area contributed by atoms with Gasteiger partial charge in [-0.3, -0.25) is 14.7 Å². The number of aliphatic hydroxyl groups excluding tert-OH is 5. The Bertz CT molecular complexity index is 1350. The molecule has 4 heterocycles. The molecule has 2 aromatic rings. The van der Waals surface area contributed by atoms with Gasteiger partial charge in [0.2, 0.25) is 0 Å². The molecule has 0 saturated carbocycles. The third kappa shape index (κ3) is 8.19. The van der Waals surface area contributed by atoms with Crippen molar-refractivity contribution in [2.75, 3.05) is 11.9 Å². The Hall–Kier alpha value is -3.56. The van der Waals surface area contributed by atoms with Crippen molar-refractivity contribution in [3.05, 3.63) is 12.7 Å². The van der Waals surface area contributed by atoms with Crippen molar-refractivity contribution in [1.82, 2.24) is 24.8 Å². The summed E-state index contributed by atoms with van der Waals surface area (Å²) >= 11 is 0. The van der Waals surface area contributed by atoms with Crippen LogP contribution in [0.25, 0.3) is 11.2 Å². The van der Waals surface area contributed by atoms with Gasteiger partial charge in [-0.05, 0) is 27.2 Å². The first-order valence-electron chi connectivity index (χ1n) is 14.3. The molecule has 8 N–H and O–H groups in total. The Balaban J connectivity index is 1.31. The Kier molecular flexibility index (Phi) is 11.2. The lowest BCUT2D eigenvalue weighted by molar-refractivity contribution is -0.273. The van der Waals surface area contributed by atoms with Crippen LogP contribution >= 0.6 is 0 Å². The van der Waals surface area contributed by atoms with Crippen molar-refractivity contribution >= 4 is 35.0 Å². The Morgan fingerprint density at radius 3 is 2.51 bits per heavy atom. The third-order valence-electron chi connectivity index (χ3n) is 7.49. The van der Waals surface area contributed by atoms with E-state index < -0.39 is 85.4 Å². The van der Waals surface area contributed by atoms with Crippen molar-refractivity contribution in [3.8, 4) is 0 Å². The molecule has 2 unspecified atom stereocenters. The highest BCUT2D eigenvalue weighted by molar-refractivity contribution is 5.97. The molecule has 2 aromatic heterocycles. The van der Waals surface area contributed by atoms with Gasteiger partial charge >= 0.3 is 18.0 Å². The Morgan fingerprint density at radius 2 is 1.80 bits per heavy atom. The SMILES string of the molecule is CC1O[C@@H](O[C@H](C)CCC(=O)O[C@H](C)[C@H](NC(=O)Nc2ncnc3c2ncn3[C@@H]2OC[C@@H](O)C(O)[C@@H]2O)C(=O)O)[C@@H](O)C[C@H]1O. The molecular weight excluding hydrogens is 604 g/mol. The lowest BCUT2D eigenvalue weighted by Crippen LogP contribution is -2.50. The maximum atomic E-state index is 12.8. The molecule has 45 heavy (non-hydrogen) atoms. The summed E-state index contributed by atoms with van der Waals surface area (Å²) in [5.41, 5.74) is 0.142. The van der Waals surface area contributed by atoms with Crippen molar-refractivity contribution in [1.29, 1.82) is 0 Å². The highest BCUT2D eigenvalue weighted by Crippen LogP contribution is 2.28. The standard InChI is InChI=1S/C26H38N6O13/c1-10(43-25-14(34)6-13(33)11(2)45-25)4-5-16(36)44-12(3)17(24(39)40)30-26(41)31-21-18-22(28-8-27-21)32(9-29-18)23-20(38)19(37)15(35)7-42-23/h8-15,17,19-20,23,25,33-35,37-38H,4-7H2,1-3H3,(H,39,40)(H2,27,28,30,31,41)/t10-,11?,12-,13-,14+,15-,17+,19?,20+,23-,25-/m1/s1. The zero-order chi connectivity index (χ0) is 33.0. The molecule has 19 nitrogen and oxygen atoms in total. The normalized spacial score (nSPS) is 30.7. The summed E-state index contributed by atoms with van der Waals surface area (Å²) in [6.07, 6.45) is -8.32. The second-order valence-corrected chi connectivity index (χ2v) is 11.0. The van der Waals surface area contributed by atoms with E-state index in [2.05, 4.69) is 25.6 Å². The van der Waals surface area contributed by atoms with Crippen LogP contribution in [0.3, 0.4) is 0 Å². The van der Waals surface area contributed by atoms with E-state index >= 15 is 0 Å². The van der Waals surface area contributed by atoms with Crippen LogP contribution in [0, 0.1) is 0 Å². The molecule has 2 aliphatic rings. The molecule has 11 atom stereocenters. The molecule has 2 aliphatic heterocycles. The molecule has 2 fully saturated rings. The van der Waals surface area contributed by atoms with E-state index in [-0.39, 0.29) is 42.9 Å². The van der Waals surface area contributed by atoms with Crippen LogP contribution in [0.15, 0.2) is 12.7 Å². The zero-order valence-corrected chi connectivity index (χ0v) is 24.7. The Labute approximate surface area is 256 Å². The van der Waals surface area contributed by atoms with Gasteiger partial charge in [-0.15, -0.1) is 0 Å². The average molecular weight is 643 g/mol. The number of hydrogen-bond donors (Lipinski definition) is 8. The predicted octanol–water partition coefficient (Wildman–Crippen LogP) is -2.01. The summed E-state index contributed by atoms with van der Waals surface area (Å²) in [5, 5.41) is 64.2. The van der Waals surface area contributed by atoms with E-state index in [0.717, 1.165) is 6.33 Å². The van der Waals surface area contributed by atoms with E-state index in [1.165, 1.54) is 17.8 Å². The van der Waals surface area contributed by atoms with Gasteiger partial charge in [0.15, 0.2) is 35.5 Å². The first kappa shape index (κ1) is 34.3. The summed E-state index contributed by atoms with van der Waals surface area (Å²) < 4.78 is 23.0. The molecule has 0 radical (unpaired) electrons. The molecule has 2 saturated heterocycles. The van der Waals surface area contributed by atoms with Crippen molar-refractivity contribution in [2.24, 2.45) is 0 Å². The summed E-state index contributed by atoms with van der Waals surface area (Å²) in [4.78, 5) is 49.3. The third-order valence-corrected chi connectivity index (χ3v) is 7.49. The minimum absolute atomic E-state index is 0.0449. The maximum Gasteiger partial charge on any atom is 0.330 e. The average Bonchev–Trinajstić information content (AvgIpc) is 3.41. The van der Waals surface area contributed by atoms with E-state index in [0.29, 0.717) is 0 Å². The molecule has 250 valence electrons. The number of aliphatic carboxylic acids is 1. The van der Waals surface area contributed by atoms with E-state index in [4.69, 9.17) is 18.9 Å². The number of hydrogen-bond acceptors (Lipinski definition) is 15. The zero-order valence-electron chi connectivity index (χ0n) is 24.7. The van der Waals surface area contributed by atoms with Gasteiger partial charge in [0.05, 0.1) is 31.2 Å². The number of esters is 1. The van der Waals surface area contributed by atoms with Gasteiger partial charge in [-0.1, -0.05) is 0 Å². The number of aliphatic hydroxyl groups is 5. The summed E-state index contributed by atoms with van der Waals surface area (Å²) in [5.74, 6) is -2.36. The quantitative estimate of drug-likeness (QED) is 0.123. The molecule has 0 spiro atoms. The van der Waals surface area contributed by atoms with Gasteiger partial charge in [-0.2, -0.15) is 0 Å².